The van der Waals surface area contributed by atoms with E-state index in [0.717, 1.165) is 24.2 Å². The molecule has 0 saturated heterocycles. The SMILES string of the molecule is CC(C)[NH+](CCN(C)C(=O)C(c1ccccc1)c1ccccc1)C(C)C. The van der Waals surface area contributed by atoms with Crippen molar-refractivity contribution in [3.05, 3.63) is 71.8 Å². The molecule has 0 fully saturated rings. The van der Waals surface area contributed by atoms with Gasteiger partial charge in [0.25, 0.3) is 0 Å². The van der Waals surface area contributed by atoms with E-state index >= 15 is 0 Å². The van der Waals surface area contributed by atoms with Crippen LogP contribution in [0.4, 0.5) is 0 Å². The third kappa shape index (κ3) is 5.18. The molecule has 0 aliphatic rings. The van der Waals surface area contributed by atoms with Crippen LogP contribution in [-0.4, -0.2) is 43.0 Å². The van der Waals surface area contributed by atoms with Crippen molar-refractivity contribution in [1.82, 2.24) is 4.90 Å². The summed E-state index contributed by atoms with van der Waals surface area (Å²) in [6, 6.07) is 21.3. The largest absolute Gasteiger partial charge is 0.339 e. The van der Waals surface area contributed by atoms with Gasteiger partial charge in [0.2, 0.25) is 5.91 Å². The van der Waals surface area contributed by atoms with E-state index in [1.807, 2.05) is 72.6 Å². The highest BCUT2D eigenvalue weighted by Gasteiger charge is 2.27. The molecule has 0 atom stereocenters. The van der Waals surface area contributed by atoms with Crippen LogP contribution in [-0.2, 0) is 4.79 Å². The van der Waals surface area contributed by atoms with E-state index in [-0.39, 0.29) is 11.8 Å². The summed E-state index contributed by atoms with van der Waals surface area (Å²) in [5, 5.41) is 0. The Morgan fingerprint density at radius 1 is 0.846 bits per heavy atom. The molecule has 26 heavy (non-hydrogen) atoms. The first-order valence-electron chi connectivity index (χ1n) is 9.62. The molecule has 2 rings (SSSR count). The molecule has 0 aromatic heterocycles. The molecule has 1 N–H and O–H groups in total. The quantitative estimate of drug-likeness (QED) is 0.775. The average Bonchev–Trinajstić information content (AvgIpc) is 2.63. The van der Waals surface area contributed by atoms with Gasteiger partial charge in [-0.05, 0) is 38.8 Å². The molecular formula is C23H33N2O+. The van der Waals surface area contributed by atoms with Crippen molar-refractivity contribution in [1.29, 1.82) is 0 Å². The molecule has 3 heteroatoms. The molecule has 0 saturated carbocycles. The molecule has 0 spiro atoms. The van der Waals surface area contributed by atoms with E-state index < -0.39 is 0 Å². The summed E-state index contributed by atoms with van der Waals surface area (Å²) in [6.07, 6.45) is 0. The summed E-state index contributed by atoms with van der Waals surface area (Å²) in [7, 11) is 1.93. The van der Waals surface area contributed by atoms with E-state index in [4.69, 9.17) is 0 Å². The van der Waals surface area contributed by atoms with E-state index in [2.05, 4.69) is 27.7 Å². The number of nitrogens with one attached hydrogen (secondary N) is 1. The maximum absolute atomic E-state index is 13.3. The van der Waals surface area contributed by atoms with Gasteiger partial charge in [-0.1, -0.05) is 60.7 Å². The average molecular weight is 354 g/mol. The molecule has 0 aliphatic heterocycles. The lowest BCUT2D eigenvalue weighted by molar-refractivity contribution is -0.941. The highest BCUT2D eigenvalue weighted by atomic mass is 16.2. The van der Waals surface area contributed by atoms with Crippen molar-refractivity contribution in [2.75, 3.05) is 20.1 Å². The van der Waals surface area contributed by atoms with E-state index in [1.54, 1.807) is 0 Å². The Bertz CT molecular complexity index is 620. The Morgan fingerprint density at radius 3 is 1.65 bits per heavy atom. The predicted molar refractivity (Wildman–Crippen MR) is 108 cm³/mol. The van der Waals surface area contributed by atoms with Crippen molar-refractivity contribution in [2.45, 2.75) is 45.7 Å². The van der Waals surface area contributed by atoms with E-state index in [9.17, 15) is 4.79 Å². The van der Waals surface area contributed by atoms with Crippen LogP contribution in [0.1, 0.15) is 44.7 Å². The van der Waals surface area contributed by atoms with Crippen molar-refractivity contribution in [2.24, 2.45) is 0 Å². The van der Waals surface area contributed by atoms with Crippen LogP contribution in [0, 0.1) is 0 Å². The highest BCUT2D eigenvalue weighted by Crippen LogP contribution is 2.26. The smallest absolute Gasteiger partial charge is 0.234 e. The fourth-order valence-corrected chi connectivity index (χ4v) is 3.64. The first kappa shape index (κ1) is 20.2. The minimum absolute atomic E-state index is 0.161. The Balaban J connectivity index is 2.19. The molecule has 2 aromatic carbocycles. The molecule has 0 radical (unpaired) electrons. The Hall–Kier alpha value is -2.13. The zero-order valence-electron chi connectivity index (χ0n) is 16.8. The van der Waals surface area contributed by atoms with Gasteiger partial charge in [-0.3, -0.25) is 4.79 Å². The Kier molecular flexibility index (Phi) is 7.40. The number of rotatable bonds is 8. The van der Waals surface area contributed by atoms with Crippen molar-refractivity contribution >= 4 is 5.91 Å². The third-order valence-electron chi connectivity index (χ3n) is 5.11. The Morgan fingerprint density at radius 2 is 1.27 bits per heavy atom. The van der Waals surface area contributed by atoms with Gasteiger partial charge in [0.05, 0.1) is 31.1 Å². The van der Waals surface area contributed by atoms with Crippen molar-refractivity contribution in [3.63, 3.8) is 0 Å². The second-order valence-electron chi connectivity index (χ2n) is 7.65. The first-order valence-corrected chi connectivity index (χ1v) is 9.62. The monoisotopic (exact) mass is 353 g/mol. The van der Waals surface area contributed by atoms with Crippen LogP contribution in [0.2, 0.25) is 0 Å². The highest BCUT2D eigenvalue weighted by molar-refractivity contribution is 5.87. The summed E-state index contributed by atoms with van der Waals surface area (Å²) >= 11 is 0. The van der Waals surface area contributed by atoms with Crippen LogP contribution in [0.15, 0.2) is 60.7 Å². The molecule has 140 valence electrons. The van der Waals surface area contributed by atoms with Gasteiger partial charge in [0.15, 0.2) is 0 Å². The number of hydrogen-bond donors (Lipinski definition) is 1. The zero-order chi connectivity index (χ0) is 19.1. The zero-order valence-corrected chi connectivity index (χ0v) is 16.8. The summed E-state index contributed by atoms with van der Waals surface area (Å²) in [5.74, 6) is -0.0850. The molecule has 3 nitrogen and oxygen atoms in total. The van der Waals surface area contributed by atoms with Gasteiger partial charge in [-0.2, -0.15) is 0 Å². The number of carbonyl (C=O) groups excluding carboxylic acids is 1. The van der Waals surface area contributed by atoms with Crippen LogP contribution in [0.3, 0.4) is 0 Å². The van der Waals surface area contributed by atoms with Crippen molar-refractivity contribution in [3.8, 4) is 0 Å². The predicted octanol–water partition coefficient (Wildman–Crippen LogP) is 2.98. The minimum atomic E-state index is -0.246. The lowest BCUT2D eigenvalue weighted by Gasteiger charge is -2.30. The molecule has 2 aromatic rings. The molecular weight excluding hydrogens is 320 g/mol. The molecule has 1 amide bonds. The van der Waals surface area contributed by atoms with Gasteiger partial charge in [0, 0.05) is 7.05 Å². The molecule has 0 heterocycles. The van der Waals surface area contributed by atoms with Gasteiger partial charge >= 0.3 is 0 Å². The second kappa shape index (κ2) is 9.54. The van der Waals surface area contributed by atoms with Crippen LogP contribution in [0.25, 0.3) is 0 Å². The van der Waals surface area contributed by atoms with E-state index in [0.29, 0.717) is 12.1 Å². The van der Waals surface area contributed by atoms with Crippen LogP contribution < -0.4 is 4.90 Å². The minimum Gasteiger partial charge on any atom is -0.339 e. The normalized spacial score (nSPS) is 11.6. The Labute approximate surface area is 158 Å². The van der Waals surface area contributed by atoms with Gasteiger partial charge in [0.1, 0.15) is 0 Å². The fraction of sp³-hybridized carbons (Fsp3) is 0.435. The van der Waals surface area contributed by atoms with Crippen LogP contribution >= 0.6 is 0 Å². The second-order valence-corrected chi connectivity index (χ2v) is 7.65. The number of quaternary nitrogens is 1. The number of hydrogen-bond acceptors (Lipinski definition) is 1. The fourth-order valence-electron chi connectivity index (χ4n) is 3.64. The number of nitrogens with zero attached hydrogens (tertiary/aromatic N) is 1. The first-order chi connectivity index (χ1) is 12.4. The maximum Gasteiger partial charge on any atom is 0.234 e. The summed E-state index contributed by atoms with van der Waals surface area (Å²) < 4.78 is 0. The standard InChI is InChI=1S/C23H32N2O/c1-18(2)25(19(3)4)17-16-24(5)23(26)22(20-12-8-6-9-13-20)21-14-10-7-11-15-21/h6-15,18-19,22H,16-17H2,1-5H3/p+1. The van der Waals surface area contributed by atoms with Gasteiger partial charge in [-0.25, -0.2) is 0 Å². The van der Waals surface area contributed by atoms with E-state index in [1.165, 1.54) is 4.90 Å². The third-order valence-corrected chi connectivity index (χ3v) is 5.11. The van der Waals surface area contributed by atoms with Gasteiger partial charge in [-0.15, -0.1) is 0 Å². The summed E-state index contributed by atoms with van der Waals surface area (Å²) in [5.41, 5.74) is 2.10. The maximum atomic E-state index is 13.3. The van der Waals surface area contributed by atoms with Crippen molar-refractivity contribution < 1.29 is 9.69 Å². The topological polar surface area (TPSA) is 24.8 Å². The number of likely N-dealkylation sites (N-methyl/N-ethyl adjacent to an activating group) is 1. The van der Waals surface area contributed by atoms with Crippen LogP contribution in [0.5, 0.6) is 0 Å². The number of amides is 1. The summed E-state index contributed by atoms with van der Waals surface area (Å²) in [4.78, 5) is 16.7. The number of carbonyl (C=O) groups is 1. The van der Waals surface area contributed by atoms with Gasteiger partial charge < -0.3 is 9.80 Å². The lowest BCUT2D eigenvalue weighted by atomic mass is 9.90. The molecule has 0 unspecified atom stereocenters. The summed E-state index contributed by atoms with van der Waals surface area (Å²) in [6.45, 7) is 10.7. The lowest BCUT2D eigenvalue weighted by Crippen LogP contribution is -3.18. The molecule has 0 aliphatic carbocycles. The number of benzene rings is 2. The molecule has 0 bridgehead atoms.